The molecule has 0 heterocycles. The highest BCUT2D eigenvalue weighted by Gasteiger charge is 2.00. The van der Waals surface area contributed by atoms with Crippen LogP contribution in [0.1, 0.15) is 0 Å². The largest absolute Gasteiger partial charge is 0.495 e. The van der Waals surface area contributed by atoms with Crippen LogP contribution in [0.5, 0.6) is 5.75 Å². The van der Waals surface area contributed by atoms with Gasteiger partial charge in [0.15, 0.2) is 5.11 Å². The van der Waals surface area contributed by atoms with Crippen LogP contribution in [0.2, 0.25) is 5.02 Å². The second kappa shape index (κ2) is 4.88. The molecule has 0 aromatic heterocycles. The van der Waals surface area contributed by atoms with Crippen molar-refractivity contribution >= 4 is 34.6 Å². The van der Waals surface area contributed by atoms with E-state index >= 15 is 0 Å². The summed E-state index contributed by atoms with van der Waals surface area (Å²) in [6.45, 7) is 0. The zero-order valence-electron chi connectivity index (χ0n) is 7.50. The highest BCUT2D eigenvalue weighted by Crippen LogP contribution is 2.26. The number of nitrogens with two attached hydrogens (primary N) is 1. The monoisotopic (exact) mass is 231 g/mol. The van der Waals surface area contributed by atoms with E-state index in [-0.39, 0.29) is 5.11 Å². The summed E-state index contributed by atoms with van der Waals surface area (Å²) in [5.74, 6) is 0.618. The quantitative estimate of drug-likeness (QED) is 0.544. The molecule has 76 valence electrons. The number of anilines is 1. The van der Waals surface area contributed by atoms with Crippen molar-refractivity contribution in [2.45, 2.75) is 0 Å². The third kappa shape index (κ3) is 2.93. The number of methoxy groups -OCH3 is 1. The van der Waals surface area contributed by atoms with Gasteiger partial charge in [-0.05, 0) is 30.4 Å². The van der Waals surface area contributed by atoms with E-state index < -0.39 is 0 Å². The Balaban J connectivity index is 2.71. The van der Waals surface area contributed by atoms with Crippen LogP contribution in [0, 0.1) is 0 Å². The Morgan fingerprint density at radius 1 is 1.57 bits per heavy atom. The maximum Gasteiger partial charge on any atom is 0.182 e. The molecule has 1 aromatic rings. The van der Waals surface area contributed by atoms with Gasteiger partial charge >= 0.3 is 0 Å². The van der Waals surface area contributed by atoms with Crippen molar-refractivity contribution in [2.75, 3.05) is 12.5 Å². The summed E-state index contributed by atoms with van der Waals surface area (Å²) in [5.41, 5.74) is 11.4. The Hall–Kier alpha value is -1.20. The number of hydrogen-bond acceptors (Lipinski definition) is 3. The van der Waals surface area contributed by atoms with E-state index in [1.54, 1.807) is 25.3 Å². The molecule has 0 aliphatic rings. The third-order valence-corrected chi connectivity index (χ3v) is 1.88. The summed E-state index contributed by atoms with van der Waals surface area (Å²) in [4.78, 5) is 0. The molecule has 0 radical (unpaired) electrons. The number of benzene rings is 1. The first-order chi connectivity index (χ1) is 6.63. The van der Waals surface area contributed by atoms with Gasteiger partial charge in [-0.15, -0.1) is 0 Å². The average Bonchev–Trinajstić information content (AvgIpc) is 2.15. The van der Waals surface area contributed by atoms with E-state index in [4.69, 9.17) is 22.1 Å². The molecule has 0 amide bonds. The van der Waals surface area contributed by atoms with Crippen molar-refractivity contribution in [3.05, 3.63) is 23.2 Å². The van der Waals surface area contributed by atoms with Gasteiger partial charge in [-0.25, -0.2) is 0 Å². The number of hydrogen-bond donors (Lipinski definition) is 3. The van der Waals surface area contributed by atoms with Crippen molar-refractivity contribution in [1.82, 2.24) is 5.43 Å². The molecule has 0 unspecified atom stereocenters. The molecule has 6 heteroatoms. The Morgan fingerprint density at radius 2 is 2.29 bits per heavy atom. The number of thiocarbonyl (C=S) groups is 1. The smallest absolute Gasteiger partial charge is 0.182 e. The summed E-state index contributed by atoms with van der Waals surface area (Å²) >= 11 is 10.5. The fourth-order valence-corrected chi connectivity index (χ4v) is 1.19. The standard InChI is InChI=1S/C8H10ClN3OS/c1-13-7-3-2-5(4-6(7)9)11-12-8(10)14/h2-4,11H,1H3,(H3,10,12,14). The van der Waals surface area contributed by atoms with E-state index in [9.17, 15) is 0 Å². The lowest BCUT2D eigenvalue weighted by atomic mass is 10.3. The molecule has 0 aliphatic carbocycles. The lowest BCUT2D eigenvalue weighted by Crippen LogP contribution is -2.33. The Morgan fingerprint density at radius 3 is 2.79 bits per heavy atom. The molecule has 0 saturated carbocycles. The van der Waals surface area contributed by atoms with Crippen LogP contribution in [-0.4, -0.2) is 12.2 Å². The normalized spacial score (nSPS) is 9.29. The van der Waals surface area contributed by atoms with Gasteiger partial charge in [0.25, 0.3) is 0 Å². The first kappa shape index (κ1) is 10.9. The summed E-state index contributed by atoms with van der Waals surface area (Å²) in [5, 5.41) is 0.680. The second-order valence-corrected chi connectivity index (χ2v) is 3.31. The van der Waals surface area contributed by atoms with Crippen LogP contribution < -0.4 is 21.3 Å². The van der Waals surface area contributed by atoms with Crippen molar-refractivity contribution in [3.8, 4) is 5.75 Å². The van der Waals surface area contributed by atoms with Gasteiger partial charge in [-0.2, -0.15) is 0 Å². The van der Waals surface area contributed by atoms with Crippen LogP contribution in [0.15, 0.2) is 18.2 Å². The Labute approximate surface area is 92.3 Å². The fraction of sp³-hybridized carbons (Fsp3) is 0.125. The molecular weight excluding hydrogens is 222 g/mol. The van der Waals surface area contributed by atoms with Gasteiger partial charge in [-0.1, -0.05) is 11.6 Å². The van der Waals surface area contributed by atoms with Crippen molar-refractivity contribution in [2.24, 2.45) is 5.73 Å². The SMILES string of the molecule is COc1ccc(NNC(N)=S)cc1Cl. The molecule has 0 spiro atoms. The van der Waals surface area contributed by atoms with Gasteiger partial charge in [0.1, 0.15) is 5.75 Å². The first-order valence-electron chi connectivity index (χ1n) is 3.78. The first-order valence-corrected chi connectivity index (χ1v) is 4.57. The average molecular weight is 232 g/mol. The minimum atomic E-state index is 0.164. The Kier molecular flexibility index (Phi) is 3.79. The zero-order chi connectivity index (χ0) is 10.6. The van der Waals surface area contributed by atoms with Gasteiger partial charge in [-0.3, -0.25) is 10.9 Å². The van der Waals surface area contributed by atoms with Crippen LogP contribution in [-0.2, 0) is 0 Å². The number of rotatable bonds is 3. The van der Waals surface area contributed by atoms with E-state index in [1.807, 2.05) is 0 Å². The van der Waals surface area contributed by atoms with E-state index in [0.717, 1.165) is 5.69 Å². The number of nitrogens with one attached hydrogen (secondary N) is 2. The van der Waals surface area contributed by atoms with Crippen LogP contribution in [0.3, 0.4) is 0 Å². The van der Waals surface area contributed by atoms with Crippen LogP contribution in [0.25, 0.3) is 0 Å². The van der Waals surface area contributed by atoms with E-state index in [1.165, 1.54) is 0 Å². The number of halogens is 1. The zero-order valence-corrected chi connectivity index (χ0v) is 9.08. The minimum Gasteiger partial charge on any atom is -0.495 e. The molecule has 0 aliphatic heterocycles. The lowest BCUT2D eigenvalue weighted by Gasteiger charge is -2.09. The molecule has 0 atom stereocenters. The van der Waals surface area contributed by atoms with Gasteiger partial charge in [0.2, 0.25) is 0 Å². The van der Waals surface area contributed by atoms with Crippen molar-refractivity contribution in [3.63, 3.8) is 0 Å². The molecule has 0 bridgehead atoms. The molecular formula is C8H10ClN3OS. The highest BCUT2D eigenvalue weighted by molar-refractivity contribution is 7.80. The maximum atomic E-state index is 5.89. The van der Waals surface area contributed by atoms with Crippen molar-refractivity contribution < 1.29 is 4.74 Å². The third-order valence-electron chi connectivity index (χ3n) is 1.48. The summed E-state index contributed by atoms with van der Waals surface area (Å²) < 4.78 is 4.99. The van der Waals surface area contributed by atoms with E-state index in [2.05, 4.69) is 23.1 Å². The van der Waals surface area contributed by atoms with Crippen molar-refractivity contribution in [1.29, 1.82) is 0 Å². The minimum absolute atomic E-state index is 0.164. The predicted octanol–water partition coefficient (Wildman–Crippen LogP) is 1.51. The van der Waals surface area contributed by atoms with Crippen LogP contribution in [0.4, 0.5) is 5.69 Å². The van der Waals surface area contributed by atoms with Crippen LogP contribution >= 0.6 is 23.8 Å². The Bertz CT molecular complexity index is 345. The second-order valence-electron chi connectivity index (χ2n) is 2.46. The predicted molar refractivity (Wildman–Crippen MR) is 61.5 cm³/mol. The topological polar surface area (TPSA) is 59.3 Å². The molecule has 14 heavy (non-hydrogen) atoms. The molecule has 1 rings (SSSR count). The van der Waals surface area contributed by atoms with Gasteiger partial charge < -0.3 is 10.5 Å². The molecule has 0 saturated heterocycles. The summed E-state index contributed by atoms with van der Waals surface area (Å²) in [6, 6.07) is 5.23. The summed E-state index contributed by atoms with van der Waals surface area (Å²) in [6.07, 6.45) is 0. The molecule has 0 fully saturated rings. The summed E-state index contributed by atoms with van der Waals surface area (Å²) in [7, 11) is 1.56. The molecule has 4 N–H and O–H groups in total. The number of hydrazine groups is 1. The number of ether oxygens (including phenoxy) is 1. The molecule has 4 nitrogen and oxygen atoms in total. The highest BCUT2D eigenvalue weighted by atomic mass is 35.5. The lowest BCUT2D eigenvalue weighted by molar-refractivity contribution is 0.415. The van der Waals surface area contributed by atoms with Gasteiger partial charge in [0, 0.05) is 0 Å². The van der Waals surface area contributed by atoms with Gasteiger partial charge in [0.05, 0.1) is 17.8 Å². The molecule has 1 aromatic carbocycles. The van der Waals surface area contributed by atoms with E-state index in [0.29, 0.717) is 10.8 Å². The fourth-order valence-electron chi connectivity index (χ4n) is 0.878. The maximum absolute atomic E-state index is 5.89.